The summed E-state index contributed by atoms with van der Waals surface area (Å²) in [4.78, 5) is 25.2. The maximum absolute atomic E-state index is 11.8. The molecule has 1 aliphatic rings. The van der Waals surface area contributed by atoms with Crippen molar-refractivity contribution < 1.29 is 23.8 Å². The SMILES string of the molecule is CNC(=O)OCc1ccccc1COC(=O)NCCN1CCOCC1. The van der Waals surface area contributed by atoms with Gasteiger partial charge in [-0.3, -0.25) is 4.90 Å². The van der Waals surface area contributed by atoms with Crippen molar-refractivity contribution in [2.24, 2.45) is 0 Å². The number of rotatable bonds is 7. The van der Waals surface area contributed by atoms with E-state index in [1.807, 2.05) is 24.3 Å². The van der Waals surface area contributed by atoms with Gasteiger partial charge in [-0.1, -0.05) is 24.3 Å². The molecule has 0 atom stereocenters. The summed E-state index contributed by atoms with van der Waals surface area (Å²) in [6, 6.07) is 7.36. The van der Waals surface area contributed by atoms with E-state index in [1.165, 1.54) is 7.05 Å². The molecule has 2 N–H and O–H groups in total. The summed E-state index contributed by atoms with van der Waals surface area (Å²) in [6.07, 6.45) is -0.966. The molecule has 1 heterocycles. The van der Waals surface area contributed by atoms with Crippen LogP contribution in [0.4, 0.5) is 9.59 Å². The zero-order chi connectivity index (χ0) is 17.9. The van der Waals surface area contributed by atoms with Gasteiger partial charge in [0, 0.05) is 33.2 Å². The number of carbonyl (C=O) groups is 2. The lowest BCUT2D eigenvalue weighted by Gasteiger charge is -2.26. The van der Waals surface area contributed by atoms with Crippen molar-refractivity contribution in [3.05, 3.63) is 35.4 Å². The van der Waals surface area contributed by atoms with Crippen LogP contribution in [-0.4, -0.2) is 63.5 Å². The zero-order valence-corrected chi connectivity index (χ0v) is 14.5. The molecule has 8 heteroatoms. The fraction of sp³-hybridized carbons (Fsp3) is 0.529. The average molecular weight is 351 g/mol. The molecule has 8 nitrogen and oxygen atoms in total. The molecule has 0 spiro atoms. The highest BCUT2D eigenvalue weighted by Crippen LogP contribution is 2.11. The highest BCUT2D eigenvalue weighted by Gasteiger charge is 2.11. The first kappa shape index (κ1) is 19.0. The first-order chi connectivity index (χ1) is 12.2. The van der Waals surface area contributed by atoms with Gasteiger partial charge in [0.05, 0.1) is 13.2 Å². The molecule has 25 heavy (non-hydrogen) atoms. The molecule has 0 bridgehead atoms. The van der Waals surface area contributed by atoms with E-state index >= 15 is 0 Å². The lowest BCUT2D eigenvalue weighted by molar-refractivity contribution is 0.0382. The number of morpholine rings is 1. The van der Waals surface area contributed by atoms with Gasteiger partial charge < -0.3 is 24.8 Å². The number of nitrogens with one attached hydrogen (secondary N) is 2. The topological polar surface area (TPSA) is 89.1 Å². The van der Waals surface area contributed by atoms with Gasteiger partial charge in [-0.25, -0.2) is 9.59 Å². The third-order valence-corrected chi connectivity index (χ3v) is 3.84. The molecule has 1 aromatic carbocycles. The van der Waals surface area contributed by atoms with E-state index in [2.05, 4.69) is 15.5 Å². The normalized spacial score (nSPS) is 14.6. The number of hydrogen-bond donors (Lipinski definition) is 2. The Labute approximate surface area is 147 Å². The first-order valence-corrected chi connectivity index (χ1v) is 8.31. The van der Waals surface area contributed by atoms with Gasteiger partial charge in [0.1, 0.15) is 13.2 Å². The van der Waals surface area contributed by atoms with Crippen molar-refractivity contribution in [2.45, 2.75) is 13.2 Å². The number of amides is 2. The molecule has 0 radical (unpaired) electrons. The summed E-state index contributed by atoms with van der Waals surface area (Å²) < 4.78 is 15.6. The van der Waals surface area contributed by atoms with Crippen LogP contribution >= 0.6 is 0 Å². The molecular formula is C17H25N3O5. The van der Waals surface area contributed by atoms with Crippen LogP contribution in [0.25, 0.3) is 0 Å². The van der Waals surface area contributed by atoms with Crippen LogP contribution in [-0.2, 0) is 27.4 Å². The number of alkyl carbamates (subject to hydrolysis) is 2. The fourth-order valence-electron chi connectivity index (χ4n) is 2.39. The van der Waals surface area contributed by atoms with Crippen LogP contribution in [0.3, 0.4) is 0 Å². The molecule has 1 fully saturated rings. The Bertz CT molecular complexity index is 561. The summed E-state index contributed by atoms with van der Waals surface area (Å²) in [6.45, 7) is 4.79. The third-order valence-electron chi connectivity index (χ3n) is 3.84. The van der Waals surface area contributed by atoms with Crippen LogP contribution in [0.1, 0.15) is 11.1 Å². The minimum Gasteiger partial charge on any atom is -0.445 e. The molecule has 1 aliphatic heterocycles. The number of ether oxygens (including phenoxy) is 3. The van der Waals surface area contributed by atoms with Crippen molar-refractivity contribution in [1.29, 1.82) is 0 Å². The lowest BCUT2D eigenvalue weighted by atomic mass is 10.1. The summed E-state index contributed by atoms with van der Waals surface area (Å²) in [5, 5.41) is 5.13. The standard InChI is InChI=1S/C17H25N3O5/c1-18-16(21)24-12-14-4-2-3-5-15(14)13-25-17(22)19-6-7-20-8-10-23-11-9-20/h2-5H,6-13H2,1H3,(H,18,21)(H,19,22). The molecule has 2 rings (SSSR count). The quantitative estimate of drug-likeness (QED) is 0.765. The van der Waals surface area contributed by atoms with Crippen LogP contribution in [0, 0.1) is 0 Å². The van der Waals surface area contributed by atoms with Gasteiger partial charge in [0.15, 0.2) is 0 Å². The highest BCUT2D eigenvalue weighted by molar-refractivity contribution is 5.67. The Hall–Kier alpha value is -2.32. The van der Waals surface area contributed by atoms with Crippen molar-refractivity contribution in [3.63, 3.8) is 0 Å². The molecule has 0 aliphatic carbocycles. The van der Waals surface area contributed by atoms with E-state index in [1.54, 1.807) is 0 Å². The molecule has 1 aromatic rings. The molecule has 138 valence electrons. The maximum atomic E-state index is 11.8. The van der Waals surface area contributed by atoms with Crippen LogP contribution in [0.5, 0.6) is 0 Å². The smallest absolute Gasteiger partial charge is 0.407 e. The number of carbonyl (C=O) groups excluding carboxylic acids is 2. The lowest BCUT2D eigenvalue weighted by Crippen LogP contribution is -2.41. The minimum absolute atomic E-state index is 0.122. The minimum atomic E-state index is -0.503. The molecular weight excluding hydrogens is 326 g/mol. The van der Waals surface area contributed by atoms with Crippen LogP contribution in [0.2, 0.25) is 0 Å². The number of benzene rings is 1. The largest absolute Gasteiger partial charge is 0.445 e. The molecule has 0 saturated carbocycles. The van der Waals surface area contributed by atoms with Crippen molar-refractivity contribution in [2.75, 3.05) is 46.4 Å². The van der Waals surface area contributed by atoms with E-state index < -0.39 is 12.2 Å². The Morgan fingerprint density at radius 2 is 1.68 bits per heavy atom. The van der Waals surface area contributed by atoms with Crippen molar-refractivity contribution in [3.8, 4) is 0 Å². The summed E-state index contributed by atoms with van der Waals surface area (Å²) in [5.74, 6) is 0. The Kier molecular flexibility index (Phi) is 8.00. The second-order valence-electron chi connectivity index (χ2n) is 5.55. The highest BCUT2D eigenvalue weighted by atomic mass is 16.6. The summed E-state index contributed by atoms with van der Waals surface area (Å²) >= 11 is 0. The number of nitrogens with zero attached hydrogens (tertiary/aromatic N) is 1. The van der Waals surface area contributed by atoms with Crippen LogP contribution in [0.15, 0.2) is 24.3 Å². The van der Waals surface area contributed by atoms with E-state index in [0.29, 0.717) is 6.54 Å². The Balaban J connectivity index is 1.70. The maximum Gasteiger partial charge on any atom is 0.407 e. The zero-order valence-electron chi connectivity index (χ0n) is 14.5. The van der Waals surface area contributed by atoms with Gasteiger partial charge in [-0.2, -0.15) is 0 Å². The van der Waals surface area contributed by atoms with Crippen LogP contribution < -0.4 is 10.6 Å². The molecule has 2 amide bonds. The monoisotopic (exact) mass is 351 g/mol. The third kappa shape index (κ3) is 6.98. The summed E-state index contributed by atoms with van der Waals surface area (Å²) in [5.41, 5.74) is 1.60. The Morgan fingerprint density at radius 1 is 1.08 bits per heavy atom. The Morgan fingerprint density at radius 3 is 2.28 bits per heavy atom. The van der Waals surface area contributed by atoms with E-state index in [0.717, 1.165) is 44.0 Å². The van der Waals surface area contributed by atoms with E-state index in [4.69, 9.17) is 14.2 Å². The molecule has 0 aromatic heterocycles. The fourth-order valence-corrected chi connectivity index (χ4v) is 2.39. The van der Waals surface area contributed by atoms with Crippen molar-refractivity contribution >= 4 is 12.2 Å². The van der Waals surface area contributed by atoms with Gasteiger partial charge in [0.2, 0.25) is 0 Å². The second-order valence-corrected chi connectivity index (χ2v) is 5.55. The number of hydrogen-bond acceptors (Lipinski definition) is 6. The summed E-state index contributed by atoms with van der Waals surface area (Å²) in [7, 11) is 1.50. The first-order valence-electron chi connectivity index (χ1n) is 8.31. The van der Waals surface area contributed by atoms with E-state index in [9.17, 15) is 9.59 Å². The molecule has 1 saturated heterocycles. The average Bonchev–Trinajstić information content (AvgIpc) is 2.66. The predicted molar refractivity (Wildman–Crippen MR) is 91.1 cm³/mol. The van der Waals surface area contributed by atoms with E-state index in [-0.39, 0.29) is 13.2 Å². The predicted octanol–water partition coefficient (Wildman–Crippen LogP) is 1.10. The van der Waals surface area contributed by atoms with Gasteiger partial charge in [0.25, 0.3) is 0 Å². The molecule has 0 unspecified atom stereocenters. The van der Waals surface area contributed by atoms with Gasteiger partial charge in [-0.15, -0.1) is 0 Å². The van der Waals surface area contributed by atoms with Gasteiger partial charge in [-0.05, 0) is 11.1 Å². The second kappa shape index (κ2) is 10.5. The van der Waals surface area contributed by atoms with Crippen molar-refractivity contribution in [1.82, 2.24) is 15.5 Å². The van der Waals surface area contributed by atoms with Gasteiger partial charge >= 0.3 is 12.2 Å².